The number of benzene rings is 1. The van der Waals surface area contributed by atoms with Crippen LogP contribution in [-0.4, -0.2) is 18.3 Å². The fourth-order valence-electron chi connectivity index (χ4n) is 1.55. The molecule has 0 aliphatic rings. The molecule has 1 atom stereocenters. The Kier molecular flexibility index (Phi) is 4.63. The predicted molar refractivity (Wildman–Crippen MR) is 62.2 cm³/mol. The third-order valence-corrected chi connectivity index (χ3v) is 2.67. The molecule has 0 amide bonds. The van der Waals surface area contributed by atoms with Gasteiger partial charge in [0.2, 0.25) is 0 Å². The van der Waals surface area contributed by atoms with Crippen molar-refractivity contribution in [1.29, 1.82) is 0 Å². The van der Waals surface area contributed by atoms with Crippen LogP contribution >= 0.6 is 0 Å². The van der Waals surface area contributed by atoms with Crippen molar-refractivity contribution in [2.75, 3.05) is 7.11 Å². The Morgan fingerprint density at radius 2 is 1.93 bits per heavy atom. The van der Waals surface area contributed by atoms with E-state index in [0.29, 0.717) is 5.92 Å². The molecule has 0 fully saturated rings. The van der Waals surface area contributed by atoms with E-state index in [1.165, 1.54) is 5.56 Å². The lowest BCUT2D eigenvalue weighted by molar-refractivity contribution is 0.116. The van der Waals surface area contributed by atoms with E-state index in [4.69, 9.17) is 4.74 Å². The van der Waals surface area contributed by atoms with E-state index < -0.39 is 0 Å². The highest BCUT2D eigenvalue weighted by atomic mass is 16.5. The van der Waals surface area contributed by atoms with Gasteiger partial charge >= 0.3 is 0 Å². The lowest BCUT2D eigenvalue weighted by atomic mass is 9.99. The molecule has 1 N–H and O–H groups in total. The molecule has 0 heterocycles. The molecule has 1 aromatic carbocycles. The second-order valence-electron chi connectivity index (χ2n) is 4.16. The highest BCUT2D eigenvalue weighted by Gasteiger charge is 2.10. The molecule has 1 rings (SSSR count). The van der Waals surface area contributed by atoms with Gasteiger partial charge in [-0.1, -0.05) is 32.0 Å². The number of aliphatic hydroxyl groups is 1. The van der Waals surface area contributed by atoms with Gasteiger partial charge in [-0.2, -0.15) is 0 Å². The Labute approximate surface area is 91.9 Å². The van der Waals surface area contributed by atoms with Crippen LogP contribution in [0.5, 0.6) is 5.75 Å². The summed E-state index contributed by atoms with van der Waals surface area (Å²) in [5.74, 6) is 1.23. The van der Waals surface area contributed by atoms with Gasteiger partial charge in [-0.3, -0.25) is 0 Å². The fourth-order valence-corrected chi connectivity index (χ4v) is 1.55. The van der Waals surface area contributed by atoms with Crippen LogP contribution in [0.25, 0.3) is 0 Å². The third kappa shape index (κ3) is 3.56. The van der Waals surface area contributed by atoms with Gasteiger partial charge in [0.05, 0.1) is 13.2 Å². The molecule has 0 saturated carbocycles. The zero-order valence-corrected chi connectivity index (χ0v) is 9.73. The summed E-state index contributed by atoms with van der Waals surface area (Å²) in [6.07, 6.45) is 1.43. The lowest BCUT2D eigenvalue weighted by Gasteiger charge is -2.15. The van der Waals surface area contributed by atoms with Crippen LogP contribution in [0.1, 0.15) is 25.8 Å². The maximum Gasteiger partial charge on any atom is 0.122 e. The molecule has 1 unspecified atom stereocenters. The molecular weight excluding hydrogens is 188 g/mol. The van der Waals surface area contributed by atoms with Gasteiger partial charge in [0.25, 0.3) is 0 Å². The minimum atomic E-state index is -0.227. The third-order valence-electron chi connectivity index (χ3n) is 2.67. The zero-order valence-electron chi connectivity index (χ0n) is 9.73. The summed E-state index contributed by atoms with van der Waals surface area (Å²) in [5, 5.41) is 9.71. The maximum atomic E-state index is 9.71. The Bertz CT molecular complexity index is 294. The molecule has 0 bridgehead atoms. The molecule has 0 radical (unpaired) electrons. The Hall–Kier alpha value is -1.02. The first-order valence-corrected chi connectivity index (χ1v) is 5.45. The molecule has 84 valence electrons. The van der Waals surface area contributed by atoms with Gasteiger partial charge in [0, 0.05) is 0 Å². The highest BCUT2D eigenvalue weighted by Crippen LogP contribution is 2.20. The van der Waals surface area contributed by atoms with E-state index in [1.54, 1.807) is 7.11 Å². The quantitative estimate of drug-likeness (QED) is 0.806. The number of hydrogen-bond donors (Lipinski definition) is 1. The molecule has 0 spiro atoms. The smallest absolute Gasteiger partial charge is 0.122 e. The summed E-state index contributed by atoms with van der Waals surface area (Å²) in [4.78, 5) is 0. The maximum absolute atomic E-state index is 9.71. The van der Waals surface area contributed by atoms with Crippen LogP contribution in [0.15, 0.2) is 24.3 Å². The summed E-state index contributed by atoms with van der Waals surface area (Å²) < 4.78 is 5.26. The molecule has 15 heavy (non-hydrogen) atoms. The Balaban J connectivity index is 2.57. The standard InChI is InChI=1S/C13H20O2/c1-10(2)12(14)9-8-11-6-4-5-7-13(11)15-3/h4-7,10,12,14H,8-9H2,1-3H3. The van der Waals surface area contributed by atoms with Gasteiger partial charge in [0.1, 0.15) is 5.75 Å². The van der Waals surface area contributed by atoms with Crippen molar-refractivity contribution in [1.82, 2.24) is 0 Å². The first-order chi connectivity index (χ1) is 7.15. The van der Waals surface area contributed by atoms with Crippen molar-refractivity contribution in [3.05, 3.63) is 29.8 Å². The SMILES string of the molecule is COc1ccccc1CCC(O)C(C)C. The summed E-state index contributed by atoms with van der Waals surface area (Å²) >= 11 is 0. The predicted octanol–water partition coefficient (Wildman–Crippen LogP) is 2.64. The molecule has 2 heteroatoms. The molecule has 0 saturated heterocycles. The average Bonchev–Trinajstić information content (AvgIpc) is 2.26. The van der Waals surface area contributed by atoms with Crippen LogP contribution in [-0.2, 0) is 6.42 Å². The Morgan fingerprint density at radius 3 is 2.53 bits per heavy atom. The van der Waals surface area contributed by atoms with Crippen molar-refractivity contribution >= 4 is 0 Å². The van der Waals surface area contributed by atoms with E-state index in [2.05, 4.69) is 0 Å². The minimum absolute atomic E-state index is 0.227. The molecule has 0 aliphatic carbocycles. The second-order valence-corrected chi connectivity index (χ2v) is 4.16. The van der Waals surface area contributed by atoms with Crippen molar-refractivity contribution in [2.45, 2.75) is 32.8 Å². The summed E-state index contributed by atoms with van der Waals surface area (Å²) in [6, 6.07) is 7.96. The van der Waals surface area contributed by atoms with E-state index >= 15 is 0 Å². The van der Waals surface area contributed by atoms with E-state index in [0.717, 1.165) is 18.6 Å². The van der Waals surface area contributed by atoms with Crippen LogP contribution in [0, 0.1) is 5.92 Å². The van der Waals surface area contributed by atoms with Crippen molar-refractivity contribution < 1.29 is 9.84 Å². The van der Waals surface area contributed by atoms with E-state index in [1.807, 2.05) is 38.1 Å². The average molecular weight is 208 g/mol. The van der Waals surface area contributed by atoms with Gasteiger partial charge in [-0.25, -0.2) is 0 Å². The largest absolute Gasteiger partial charge is 0.496 e. The van der Waals surface area contributed by atoms with Gasteiger partial charge in [-0.05, 0) is 30.4 Å². The van der Waals surface area contributed by atoms with Crippen LogP contribution in [0.2, 0.25) is 0 Å². The van der Waals surface area contributed by atoms with E-state index in [-0.39, 0.29) is 6.10 Å². The molecule has 0 aromatic heterocycles. The first-order valence-electron chi connectivity index (χ1n) is 5.45. The zero-order chi connectivity index (χ0) is 11.3. The number of ether oxygens (including phenoxy) is 1. The van der Waals surface area contributed by atoms with Crippen LogP contribution in [0.3, 0.4) is 0 Å². The lowest BCUT2D eigenvalue weighted by Crippen LogP contribution is -2.15. The van der Waals surface area contributed by atoms with E-state index in [9.17, 15) is 5.11 Å². The van der Waals surface area contributed by atoms with Crippen LogP contribution in [0.4, 0.5) is 0 Å². The minimum Gasteiger partial charge on any atom is -0.496 e. The molecule has 2 nitrogen and oxygen atoms in total. The van der Waals surface area contributed by atoms with Crippen molar-refractivity contribution in [2.24, 2.45) is 5.92 Å². The summed E-state index contributed by atoms with van der Waals surface area (Å²) in [5.41, 5.74) is 1.17. The molecular formula is C13H20O2. The van der Waals surface area contributed by atoms with Gasteiger partial charge in [-0.15, -0.1) is 0 Å². The topological polar surface area (TPSA) is 29.5 Å². The van der Waals surface area contributed by atoms with Crippen LogP contribution < -0.4 is 4.74 Å². The number of rotatable bonds is 5. The molecule has 1 aromatic rings. The van der Waals surface area contributed by atoms with Gasteiger partial charge in [0.15, 0.2) is 0 Å². The van der Waals surface area contributed by atoms with Crippen molar-refractivity contribution in [3.8, 4) is 5.75 Å². The summed E-state index contributed by atoms with van der Waals surface area (Å²) in [6.45, 7) is 4.07. The molecule has 0 aliphatic heterocycles. The van der Waals surface area contributed by atoms with Gasteiger partial charge < -0.3 is 9.84 Å². The highest BCUT2D eigenvalue weighted by molar-refractivity contribution is 5.33. The fraction of sp³-hybridized carbons (Fsp3) is 0.538. The first kappa shape index (κ1) is 12.1. The monoisotopic (exact) mass is 208 g/mol. The number of hydrogen-bond acceptors (Lipinski definition) is 2. The second kappa shape index (κ2) is 5.76. The number of aryl methyl sites for hydroxylation is 1. The number of para-hydroxylation sites is 1. The normalized spacial score (nSPS) is 12.9. The number of aliphatic hydroxyl groups excluding tert-OH is 1. The summed E-state index contributed by atoms with van der Waals surface area (Å²) in [7, 11) is 1.68. The van der Waals surface area contributed by atoms with Crippen molar-refractivity contribution in [3.63, 3.8) is 0 Å². The Morgan fingerprint density at radius 1 is 1.27 bits per heavy atom. The number of methoxy groups -OCH3 is 1.